The highest BCUT2D eigenvalue weighted by Gasteiger charge is 2.20. The van der Waals surface area contributed by atoms with Gasteiger partial charge in [0.25, 0.3) is 0 Å². The van der Waals surface area contributed by atoms with Gasteiger partial charge in [0.2, 0.25) is 5.91 Å². The van der Waals surface area contributed by atoms with Crippen LogP contribution in [0.5, 0.6) is 0 Å². The van der Waals surface area contributed by atoms with Crippen LogP contribution in [0.2, 0.25) is 5.02 Å². The van der Waals surface area contributed by atoms with Crippen LogP contribution < -0.4 is 11.1 Å². The van der Waals surface area contributed by atoms with Gasteiger partial charge in [-0.2, -0.15) is 0 Å². The van der Waals surface area contributed by atoms with Gasteiger partial charge in [-0.25, -0.2) is 4.39 Å². The van der Waals surface area contributed by atoms with Crippen molar-refractivity contribution in [2.24, 2.45) is 5.73 Å². The Balaban J connectivity index is 2.20. The lowest BCUT2D eigenvalue weighted by Gasteiger charge is -2.22. The zero-order valence-corrected chi connectivity index (χ0v) is 12.3. The molecule has 5 heteroatoms. The lowest BCUT2D eigenvalue weighted by Crippen LogP contribution is -2.35. The van der Waals surface area contributed by atoms with E-state index in [-0.39, 0.29) is 11.1 Å². The topological polar surface area (TPSA) is 55.1 Å². The number of benzene rings is 2. The van der Waals surface area contributed by atoms with Crippen LogP contribution in [0.15, 0.2) is 48.5 Å². The van der Waals surface area contributed by atoms with Crippen LogP contribution in [0.4, 0.5) is 4.39 Å². The monoisotopic (exact) mass is 306 g/mol. The summed E-state index contributed by atoms with van der Waals surface area (Å²) in [4.78, 5) is 11.7. The smallest absolute Gasteiger partial charge is 0.239 e. The summed E-state index contributed by atoms with van der Waals surface area (Å²) in [5.74, 6) is -0.941. The van der Waals surface area contributed by atoms with E-state index in [9.17, 15) is 9.18 Å². The largest absolute Gasteiger partial charge is 0.368 e. The van der Waals surface area contributed by atoms with E-state index in [0.717, 1.165) is 11.1 Å². The summed E-state index contributed by atoms with van der Waals surface area (Å²) in [5, 5.41) is 3.19. The number of carbonyl (C=O) groups is 1. The van der Waals surface area contributed by atoms with Crippen LogP contribution in [-0.4, -0.2) is 5.91 Å². The van der Waals surface area contributed by atoms with Crippen molar-refractivity contribution in [2.75, 3.05) is 0 Å². The van der Waals surface area contributed by atoms with Gasteiger partial charge in [0, 0.05) is 6.04 Å². The second-order valence-electron chi connectivity index (χ2n) is 4.81. The molecule has 0 saturated heterocycles. The first-order valence-electron chi connectivity index (χ1n) is 6.54. The quantitative estimate of drug-likeness (QED) is 0.890. The van der Waals surface area contributed by atoms with Crippen LogP contribution in [0.1, 0.15) is 30.1 Å². The first-order valence-corrected chi connectivity index (χ1v) is 6.92. The third-order valence-corrected chi connectivity index (χ3v) is 3.57. The Morgan fingerprint density at radius 3 is 2.43 bits per heavy atom. The zero-order valence-electron chi connectivity index (χ0n) is 11.5. The average Bonchev–Trinajstić information content (AvgIpc) is 2.48. The predicted molar refractivity (Wildman–Crippen MR) is 81.3 cm³/mol. The molecule has 0 aromatic heterocycles. The minimum Gasteiger partial charge on any atom is -0.368 e. The molecular weight excluding hydrogens is 291 g/mol. The van der Waals surface area contributed by atoms with Crippen molar-refractivity contribution in [3.63, 3.8) is 0 Å². The third kappa shape index (κ3) is 3.80. The van der Waals surface area contributed by atoms with E-state index in [1.54, 1.807) is 6.07 Å². The van der Waals surface area contributed by atoms with Crippen molar-refractivity contribution in [1.82, 2.24) is 5.32 Å². The van der Waals surface area contributed by atoms with Gasteiger partial charge in [-0.05, 0) is 30.2 Å². The molecule has 2 rings (SSSR count). The van der Waals surface area contributed by atoms with E-state index in [1.807, 2.05) is 37.3 Å². The second kappa shape index (κ2) is 6.70. The molecule has 1 amide bonds. The van der Waals surface area contributed by atoms with Gasteiger partial charge in [-0.1, -0.05) is 48.0 Å². The highest BCUT2D eigenvalue weighted by Crippen LogP contribution is 2.23. The van der Waals surface area contributed by atoms with Gasteiger partial charge >= 0.3 is 0 Å². The molecule has 0 aliphatic carbocycles. The highest BCUT2D eigenvalue weighted by atomic mass is 35.5. The molecule has 0 unspecified atom stereocenters. The summed E-state index contributed by atoms with van der Waals surface area (Å²) in [6.45, 7) is 1.86. The molecule has 0 saturated carbocycles. The molecule has 2 atom stereocenters. The van der Waals surface area contributed by atoms with Gasteiger partial charge in [-0.3, -0.25) is 10.1 Å². The minimum absolute atomic E-state index is 0.0523. The van der Waals surface area contributed by atoms with Crippen LogP contribution in [0.25, 0.3) is 0 Å². The summed E-state index contributed by atoms with van der Waals surface area (Å²) in [6.07, 6.45) is 0. The summed E-state index contributed by atoms with van der Waals surface area (Å²) in [7, 11) is 0. The van der Waals surface area contributed by atoms with E-state index in [0.29, 0.717) is 0 Å². The van der Waals surface area contributed by atoms with Crippen LogP contribution in [-0.2, 0) is 4.79 Å². The SMILES string of the molecule is C[C@@H](N[C@H](C(N)=O)c1ccccc1)c1ccc(F)c(Cl)c1. The number of hydrogen-bond donors (Lipinski definition) is 2. The Labute approximate surface area is 127 Å². The van der Waals surface area contributed by atoms with Crippen molar-refractivity contribution in [3.05, 3.63) is 70.5 Å². The maximum atomic E-state index is 13.2. The molecule has 0 aliphatic heterocycles. The number of rotatable bonds is 5. The molecule has 3 N–H and O–H groups in total. The van der Waals surface area contributed by atoms with E-state index >= 15 is 0 Å². The standard InChI is InChI=1S/C16H16ClFN2O/c1-10(12-7-8-14(18)13(17)9-12)20-15(16(19)21)11-5-3-2-4-6-11/h2-10,15,20H,1H3,(H2,19,21)/t10-,15+/m1/s1. The second-order valence-corrected chi connectivity index (χ2v) is 5.22. The fraction of sp³-hybridized carbons (Fsp3) is 0.188. The van der Waals surface area contributed by atoms with E-state index in [4.69, 9.17) is 17.3 Å². The van der Waals surface area contributed by atoms with Crippen molar-refractivity contribution in [1.29, 1.82) is 0 Å². The van der Waals surface area contributed by atoms with Gasteiger partial charge in [0.15, 0.2) is 0 Å². The molecule has 0 heterocycles. The fourth-order valence-corrected chi connectivity index (χ4v) is 2.31. The highest BCUT2D eigenvalue weighted by molar-refractivity contribution is 6.30. The molecule has 0 spiro atoms. The summed E-state index contributed by atoms with van der Waals surface area (Å²) < 4.78 is 13.2. The van der Waals surface area contributed by atoms with Crippen LogP contribution >= 0.6 is 11.6 Å². The van der Waals surface area contributed by atoms with Crippen molar-refractivity contribution in [3.8, 4) is 0 Å². The molecule has 0 fully saturated rings. The summed E-state index contributed by atoms with van der Waals surface area (Å²) in [6, 6.07) is 12.8. The molecule has 2 aromatic rings. The van der Waals surface area contributed by atoms with Gasteiger partial charge in [0.05, 0.1) is 5.02 Å². The number of hydrogen-bond acceptors (Lipinski definition) is 2. The third-order valence-electron chi connectivity index (χ3n) is 3.28. The number of halogens is 2. The van der Waals surface area contributed by atoms with E-state index < -0.39 is 17.8 Å². The molecule has 2 aromatic carbocycles. The van der Waals surface area contributed by atoms with Crippen LogP contribution in [0, 0.1) is 5.82 Å². The predicted octanol–water partition coefficient (Wildman–Crippen LogP) is 3.36. The number of primary amides is 1. The summed E-state index contributed by atoms with van der Waals surface area (Å²) in [5.41, 5.74) is 7.03. The average molecular weight is 307 g/mol. The Morgan fingerprint density at radius 1 is 1.19 bits per heavy atom. The number of nitrogens with one attached hydrogen (secondary N) is 1. The van der Waals surface area contributed by atoms with Gasteiger partial charge < -0.3 is 5.73 Å². The van der Waals surface area contributed by atoms with Crippen molar-refractivity contribution >= 4 is 17.5 Å². The van der Waals surface area contributed by atoms with Crippen molar-refractivity contribution in [2.45, 2.75) is 19.0 Å². The molecular formula is C16H16ClFN2O. The Hall–Kier alpha value is -1.91. The number of amides is 1. The number of nitrogens with two attached hydrogens (primary N) is 1. The maximum Gasteiger partial charge on any atom is 0.239 e. The summed E-state index contributed by atoms with van der Waals surface area (Å²) >= 11 is 5.78. The zero-order chi connectivity index (χ0) is 15.4. The lowest BCUT2D eigenvalue weighted by atomic mass is 10.0. The van der Waals surface area contributed by atoms with Gasteiger partial charge in [0.1, 0.15) is 11.9 Å². The first-order chi connectivity index (χ1) is 9.99. The number of carbonyl (C=O) groups excluding carboxylic acids is 1. The maximum absolute atomic E-state index is 13.2. The van der Waals surface area contributed by atoms with Crippen LogP contribution in [0.3, 0.4) is 0 Å². The first kappa shape index (κ1) is 15.5. The normalized spacial score (nSPS) is 13.7. The Kier molecular flexibility index (Phi) is 4.94. The fourth-order valence-electron chi connectivity index (χ4n) is 2.12. The molecule has 0 bridgehead atoms. The molecule has 0 aliphatic rings. The van der Waals surface area contributed by atoms with Crippen molar-refractivity contribution < 1.29 is 9.18 Å². The molecule has 3 nitrogen and oxygen atoms in total. The minimum atomic E-state index is -0.620. The lowest BCUT2D eigenvalue weighted by molar-refractivity contribution is -0.120. The molecule has 21 heavy (non-hydrogen) atoms. The Bertz CT molecular complexity index is 633. The molecule has 110 valence electrons. The van der Waals surface area contributed by atoms with E-state index in [2.05, 4.69) is 5.32 Å². The van der Waals surface area contributed by atoms with Gasteiger partial charge in [-0.15, -0.1) is 0 Å². The Morgan fingerprint density at radius 2 is 1.86 bits per heavy atom. The van der Waals surface area contributed by atoms with E-state index in [1.165, 1.54) is 12.1 Å². The molecule has 0 radical (unpaired) electrons.